The van der Waals surface area contributed by atoms with Gasteiger partial charge in [0.25, 0.3) is 0 Å². The fourth-order valence-corrected chi connectivity index (χ4v) is 1.40. The molecule has 0 radical (unpaired) electrons. The van der Waals surface area contributed by atoms with Crippen LogP contribution in [-0.2, 0) is 4.79 Å². The van der Waals surface area contributed by atoms with Crippen molar-refractivity contribution in [3.8, 4) is 0 Å². The van der Waals surface area contributed by atoms with Crippen LogP contribution in [0, 0.1) is 5.92 Å². The third kappa shape index (κ3) is 7.23. The largest absolute Gasteiger partial charge is 0.351 e. The Balaban J connectivity index is 3.89. The normalized spacial score (nSPS) is 14.6. The predicted octanol–water partition coefficient (Wildman–Crippen LogP) is 0.984. The topological polar surface area (TPSA) is 84.2 Å². The lowest BCUT2D eigenvalue weighted by Crippen LogP contribution is -2.48. The van der Waals surface area contributed by atoms with Crippen molar-refractivity contribution in [2.24, 2.45) is 11.7 Å². The van der Waals surface area contributed by atoms with Crippen LogP contribution in [0.4, 0.5) is 4.79 Å². The van der Waals surface area contributed by atoms with Crippen molar-refractivity contribution < 1.29 is 9.59 Å². The summed E-state index contributed by atoms with van der Waals surface area (Å²) in [7, 11) is 0. The molecule has 0 aliphatic heterocycles. The average molecular weight is 229 g/mol. The van der Waals surface area contributed by atoms with Crippen molar-refractivity contribution in [1.82, 2.24) is 10.6 Å². The Bertz CT molecular complexity index is 241. The number of amides is 3. The lowest BCUT2D eigenvalue weighted by atomic mass is 10.0. The van der Waals surface area contributed by atoms with Crippen LogP contribution in [0.15, 0.2) is 0 Å². The lowest BCUT2D eigenvalue weighted by molar-refractivity contribution is -0.121. The maximum atomic E-state index is 11.4. The smallest absolute Gasteiger partial charge is 0.318 e. The molecule has 16 heavy (non-hydrogen) atoms. The summed E-state index contributed by atoms with van der Waals surface area (Å²) in [6.45, 7) is 8.06. The van der Waals surface area contributed by atoms with E-state index >= 15 is 0 Å². The summed E-state index contributed by atoms with van der Waals surface area (Å²) >= 11 is 0. The highest BCUT2D eigenvalue weighted by molar-refractivity contribution is 5.96. The van der Waals surface area contributed by atoms with Crippen molar-refractivity contribution in [1.29, 1.82) is 0 Å². The first-order valence-corrected chi connectivity index (χ1v) is 5.69. The number of primary amides is 1. The van der Waals surface area contributed by atoms with Gasteiger partial charge in [-0.25, -0.2) is 4.79 Å². The van der Waals surface area contributed by atoms with Crippen LogP contribution in [0.1, 0.15) is 40.5 Å². The summed E-state index contributed by atoms with van der Waals surface area (Å²) in [6, 6.07) is -0.973. The number of urea groups is 1. The third-order valence-electron chi connectivity index (χ3n) is 2.35. The first-order chi connectivity index (χ1) is 7.32. The number of carbonyl (C=O) groups is 2. The van der Waals surface area contributed by atoms with Crippen LogP contribution in [0.3, 0.4) is 0 Å². The van der Waals surface area contributed by atoms with E-state index in [4.69, 9.17) is 5.73 Å². The van der Waals surface area contributed by atoms with Gasteiger partial charge in [0.1, 0.15) is 0 Å². The van der Waals surface area contributed by atoms with Crippen molar-refractivity contribution in [3.05, 3.63) is 0 Å². The van der Waals surface area contributed by atoms with Gasteiger partial charge in [-0.15, -0.1) is 0 Å². The van der Waals surface area contributed by atoms with Gasteiger partial charge in [-0.1, -0.05) is 13.8 Å². The summed E-state index contributed by atoms with van der Waals surface area (Å²) in [5, 5.41) is 5.17. The maximum Gasteiger partial charge on any atom is 0.318 e. The molecular formula is C11H23N3O2. The fraction of sp³-hybridized carbons (Fsp3) is 0.818. The molecule has 0 aromatic heterocycles. The molecule has 0 saturated heterocycles. The monoisotopic (exact) mass is 229 g/mol. The molecule has 0 heterocycles. The van der Waals surface area contributed by atoms with E-state index in [1.807, 2.05) is 6.92 Å². The summed E-state index contributed by atoms with van der Waals surface area (Å²) in [4.78, 5) is 21.8. The highest BCUT2D eigenvalue weighted by atomic mass is 16.2. The van der Waals surface area contributed by atoms with E-state index in [0.717, 1.165) is 12.8 Å². The Morgan fingerprint density at radius 2 is 1.69 bits per heavy atom. The quantitative estimate of drug-likeness (QED) is 0.635. The van der Waals surface area contributed by atoms with Crippen LogP contribution < -0.4 is 16.4 Å². The van der Waals surface area contributed by atoms with E-state index in [0.29, 0.717) is 5.92 Å². The SMILES string of the molecule is CC(C)CCC(C)NC(C)C(=O)NC(N)=O. The van der Waals surface area contributed by atoms with Crippen molar-refractivity contribution in [3.63, 3.8) is 0 Å². The second-order valence-corrected chi connectivity index (χ2v) is 4.61. The molecule has 0 rings (SSSR count). The Morgan fingerprint density at radius 1 is 1.12 bits per heavy atom. The number of carbonyl (C=O) groups excluding carboxylic acids is 2. The number of hydrogen-bond donors (Lipinski definition) is 3. The van der Waals surface area contributed by atoms with Gasteiger partial charge in [-0.3, -0.25) is 10.1 Å². The zero-order valence-corrected chi connectivity index (χ0v) is 10.5. The van der Waals surface area contributed by atoms with Crippen LogP contribution in [0.2, 0.25) is 0 Å². The van der Waals surface area contributed by atoms with Gasteiger partial charge in [0.2, 0.25) is 5.91 Å². The molecular weight excluding hydrogens is 206 g/mol. The van der Waals surface area contributed by atoms with Gasteiger partial charge in [0, 0.05) is 6.04 Å². The zero-order valence-electron chi connectivity index (χ0n) is 10.5. The molecule has 5 heteroatoms. The summed E-state index contributed by atoms with van der Waals surface area (Å²) in [6.07, 6.45) is 2.12. The molecule has 4 N–H and O–H groups in total. The summed E-state index contributed by atoms with van der Waals surface area (Å²) in [5.74, 6) is 0.267. The Morgan fingerprint density at radius 3 is 2.12 bits per heavy atom. The predicted molar refractivity (Wildman–Crippen MR) is 63.9 cm³/mol. The van der Waals surface area contributed by atoms with Gasteiger partial charge in [0.15, 0.2) is 0 Å². The molecule has 3 amide bonds. The van der Waals surface area contributed by atoms with Gasteiger partial charge in [0.05, 0.1) is 6.04 Å². The van der Waals surface area contributed by atoms with E-state index in [1.54, 1.807) is 6.92 Å². The fourth-order valence-electron chi connectivity index (χ4n) is 1.40. The number of nitrogens with two attached hydrogens (primary N) is 1. The molecule has 0 aliphatic rings. The molecule has 0 fully saturated rings. The van der Waals surface area contributed by atoms with E-state index in [2.05, 4.69) is 24.5 Å². The Kier molecular flexibility index (Phi) is 6.72. The molecule has 2 unspecified atom stereocenters. The number of nitrogens with one attached hydrogen (secondary N) is 2. The van der Waals surface area contributed by atoms with Crippen molar-refractivity contribution >= 4 is 11.9 Å². The molecule has 94 valence electrons. The second-order valence-electron chi connectivity index (χ2n) is 4.61. The van der Waals surface area contributed by atoms with Crippen LogP contribution >= 0.6 is 0 Å². The van der Waals surface area contributed by atoms with Crippen molar-refractivity contribution in [2.75, 3.05) is 0 Å². The van der Waals surface area contributed by atoms with E-state index in [-0.39, 0.29) is 11.9 Å². The van der Waals surface area contributed by atoms with Crippen LogP contribution in [0.5, 0.6) is 0 Å². The van der Waals surface area contributed by atoms with E-state index < -0.39 is 12.1 Å². The molecule has 0 bridgehead atoms. The Labute approximate surface area is 97.2 Å². The molecule has 5 nitrogen and oxygen atoms in total. The number of rotatable bonds is 6. The second kappa shape index (κ2) is 7.22. The average Bonchev–Trinajstić information content (AvgIpc) is 2.13. The lowest BCUT2D eigenvalue weighted by Gasteiger charge is -2.19. The minimum atomic E-state index is -0.812. The molecule has 0 spiro atoms. The molecule has 0 aromatic rings. The van der Waals surface area contributed by atoms with Gasteiger partial charge < -0.3 is 11.1 Å². The standard InChI is InChI=1S/C11H23N3O2/c1-7(2)5-6-8(3)13-9(4)10(15)14-11(12)16/h7-9,13H,5-6H2,1-4H3,(H3,12,14,15,16). The first-order valence-electron chi connectivity index (χ1n) is 5.69. The molecule has 0 saturated carbocycles. The molecule has 0 aromatic carbocycles. The third-order valence-corrected chi connectivity index (χ3v) is 2.35. The molecule has 0 aliphatic carbocycles. The summed E-state index contributed by atoms with van der Waals surface area (Å²) < 4.78 is 0. The minimum Gasteiger partial charge on any atom is -0.351 e. The highest BCUT2D eigenvalue weighted by Gasteiger charge is 2.16. The van der Waals surface area contributed by atoms with E-state index in [9.17, 15) is 9.59 Å². The van der Waals surface area contributed by atoms with Crippen LogP contribution in [-0.4, -0.2) is 24.0 Å². The van der Waals surface area contributed by atoms with Crippen molar-refractivity contribution in [2.45, 2.75) is 52.6 Å². The first kappa shape index (κ1) is 14.9. The highest BCUT2D eigenvalue weighted by Crippen LogP contribution is 2.06. The van der Waals surface area contributed by atoms with Gasteiger partial charge in [-0.2, -0.15) is 0 Å². The zero-order chi connectivity index (χ0) is 12.7. The number of imide groups is 1. The molecule has 2 atom stereocenters. The maximum absolute atomic E-state index is 11.4. The minimum absolute atomic E-state index is 0.246. The summed E-state index contributed by atoms with van der Waals surface area (Å²) in [5.41, 5.74) is 4.86. The van der Waals surface area contributed by atoms with Gasteiger partial charge in [-0.05, 0) is 32.6 Å². The Hall–Kier alpha value is -1.10. The van der Waals surface area contributed by atoms with Crippen LogP contribution in [0.25, 0.3) is 0 Å². The van der Waals surface area contributed by atoms with Gasteiger partial charge >= 0.3 is 6.03 Å². The number of hydrogen-bond acceptors (Lipinski definition) is 3. The van der Waals surface area contributed by atoms with E-state index in [1.165, 1.54) is 0 Å².